The van der Waals surface area contributed by atoms with Crippen LogP contribution < -0.4 is 4.72 Å². The highest BCUT2D eigenvalue weighted by molar-refractivity contribution is 7.89. The molecular weight excluding hydrogens is 342 g/mol. The van der Waals surface area contributed by atoms with Gasteiger partial charge in [0, 0.05) is 11.6 Å². The van der Waals surface area contributed by atoms with Crippen LogP contribution in [0.2, 0.25) is 5.02 Å². The number of aryl methyl sites for hydroxylation is 1. The molecule has 1 aliphatic carbocycles. The van der Waals surface area contributed by atoms with E-state index >= 15 is 0 Å². The van der Waals surface area contributed by atoms with Gasteiger partial charge in [-0.05, 0) is 67.9 Å². The van der Waals surface area contributed by atoms with E-state index in [0.717, 1.165) is 36.3 Å². The Balaban J connectivity index is 1.55. The van der Waals surface area contributed by atoms with Crippen molar-refractivity contribution in [3.8, 4) is 0 Å². The van der Waals surface area contributed by atoms with Crippen molar-refractivity contribution in [2.75, 3.05) is 6.54 Å². The summed E-state index contributed by atoms with van der Waals surface area (Å²) in [6.45, 7) is 2.42. The predicted molar refractivity (Wildman–Crippen MR) is 97.8 cm³/mol. The number of halogens is 1. The third kappa shape index (κ3) is 4.38. The molecule has 0 amide bonds. The van der Waals surface area contributed by atoms with E-state index in [9.17, 15) is 8.42 Å². The van der Waals surface area contributed by atoms with Crippen molar-refractivity contribution >= 4 is 21.6 Å². The maximum absolute atomic E-state index is 12.3. The molecule has 1 saturated carbocycles. The molecule has 0 saturated heterocycles. The molecule has 5 heteroatoms. The van der Waals surface area contributed by atoms with Gasteiger partial charge in [0.1, 0.15) is 0 Å². The van der Waals surface area contributed by atoms with Crippen molar-refractivity contribution in [3.05, 3.63) is 64.7 Å². The Bertz CT molecular complexity index is 794. The highest BCUT2D eigenvalue weighted by atomic mass is 35.5. The minimum absolute atomic E-state index is 0.240. The Hall–Kier alpha value is -1.36. The Morgan fingerprint density at radius 1 is 1.04 bits per heavy atom. The fourth-order valence-electron chi connectivity index (χ4n) is 2.98. The monoisotopic (exact) mass is 363 g/mol. The number of hydrogen-bond acceptors (Lipinski definition) is 2. The van der Waals surface area contributed by atoms with Crippen molar-refractivity contribution in [2.45, 2.75) is 37.5 Å². The lowest BCUT2D eigenvalue weighted by Gasteiger charge is -2.16. The third-order valence-electron chi connectivity index (χ3n) is 4.73. The van der Waals surface area contributed by atoms with Crippen LogP contribution in [-0.2, 0) is 16.4 Å². The van der Waals surface area contributed by atoms with Crippen LogP contribution in [0.5, 0.6) is 0 Å². The number of benzene rings is 2. The molecule has 0 spiro atoms. The first-order chi connectivity index (χ1) is 11.4. The summed E-state index contributed by atoms with van der Waals surface area (Å²) in [7, 11) is -3.42. The summed E-state index contributed by atoms with van der Waals surface area (Å²) in [5.41, 5.74) is 2.55. The lowest BCUT2D eigenvalue weighted by atomic mass is 9.93. The molecule has 3 rings (SSSR count). The van der Waals surface area contributed by atoms with E-state index in [1.165, 1.54) is 5.56 Å². The van der Waals surface area contributed by atoms with Gasteiger partial charge < -0.3 is 0 Å². The molecule has 1 fully saturated rings. The van der Waals surface area contributed by atoms with Gasteiger partial charge in [0.25, 0.3) is 0 Å². The molecule has 0 heterocycles. The Morgan fingerprint density at radius 2 is 1.67 bits per heavy atom. The normalized spacial score (nSPS) is 16.1. The minimum atomic E-state index is -3.42. The molecule has 2 aromatic carbocycles. The summed E-state index contributed by atoms with van der Waals surface area (Å²) in [5.74, 6) is 0. The number of sulfonamides is 1. The van der Waals surface area contributed by atoms with Gasteiger partial charge in [-0.1, -0.05) is 41.4 Å². The van der Waals surface area contributed by atoms with Crippen LogP contribution in [-0.4, -0.2) is 15.0 Å². The minimum Gasteiger partial charge on any atom is -0.211 e. The third-order valence-corrected chi connectivity index (χ3v) is 6.46. The molecule has 3 nitrogen and oxygen atoms in total. The predicted octanol–water partition coefficient (Wildman–Crippen LogP) is 4.34. The Labute approximate surface area is 149 Å². The molecule has 128 valence electrons. The van der Waals surface area contributed by atoms with Crippen LogP contribution in [0.4, 0.5) is 0 Å². The molecule has 0 bridgehead atoms. The molecule has 2 aromatic rings. The van der Waals surface area contributed by atoms with E-state index in [1.54, 1.807) is 12.1 Å². The van der Waals surface area contributed by atoms with Gasteiger partial charge >= 0.3 is 0 Å². The van der Waals surface area contributed by atoms with Crippen molar-refractivity contribution in [1.82, 2.24) is 4.72 Å². The second-order valence-corrected chi connectivity index (χ2v) is 8.97. The van der Waals surface area contributed by atoms with Gasteiger partial charge in [0.2, 0.25) is 10.0 Å². The van der Waals surface area contributed by atoms with Crippen molar-refractivity contribution in [2.24, 2.45) is 5.41 Å². The highest BCUT2D eigenvalue weighted by Crippen LogP contribution is 2.51. The summed E-state index contributed by atoms with van der Waals surface area (Å²) in [6.07, 6.45) is 4.15. The van der Waals surface area contributed by atoms with Crippen LogP contribution in [0.3, 0.4) is 0 Å². The van der Waals surface area contributed by atoms with Gasteiger partial charge in [-0.25, -0.2) is 13.1 Å². The van der Waals surface area contributed by atoms with Crippen molar-refractivity contribution in [1.29, 1.82) is 0 Å². The zero-order chi connectivity index (χ0) is 17.2. The van der Waals surface area contributed by atoms with Crippen molar-refractivity contribution < 1.29 is 8.42 Å². The maximum atomic E-state index is 12.3. The lowest BCUT2D eigenvalue weighted by molar-refractivity contribution is 0.459. The molecule has 0 atom stereocenters. The fourth-order valence-corrected chi connectivity index (χ4v) is 4.14. The van der Waals surface area contributed by atoms with Crippen molar-refractivity contribution in [3.63, 3.8) is 0 Å². The van der Waals surface area contributed by atoms with Gasteiger partial charge in [-0.15, -0.1) is 0 Å². The highest BCUT2D eigenvalue weighted by Gasteiger charge is 2.41. The second kappa shape index (κ2) is 6.87. The van der Waals surface area contributed by atoms with Gasteiger partial charge in [-0.3, -0.25) is 0 Å². The van der Waals surface area contributed by atoms with Crippen LogP contribution in [0.1, 0.15) is 30.4 Å². The lowest BCUT2D eigenvalue weighted by Crippen LogP contribution is -2.27. The van der Waals surface area contributed by atoms with E-state index in [1.807, 2.05) is 31.2 Å². The number of hydrogen-bond donors (Lipinski definition) is 1. The second-order valence-electron chi connectivity index (χ2n) is 6.76. The SMILES string of the molecule is Cc1ccc(S(=O)(=O)NCCC2(Cc3ccc(Cl)cc3)CC2)cc1. The van der Waals surface area contributed by atoms with E-state index < -0.39 is 10.0 Å². The first kappa shape index (κ1) is 17.5. The summed E-state index contributed by atoms with van der Waals surface area (Å²) >= 11 is 5.92. The van der Waals surface area contributed by atoms with Gasteiger partial charge in [0.15, 0.2) is 0 Å². The molecular formula is C19H22ClNO2S. The molecule has 0 aliphatic heterocycles. The first-order valence-corrected chi connectivity index (χ1v) is 10.1. The largest absolute Gasteiger partial charge is 0.240 e. The van der Waals surface area contributed by atoms with Crippen LogP contribution in [0, 0.1) is 12.3 Å². The summed E-state index contributed by atoms with van der Waals surface area (Å²) in [5, 5.41) is 0.745. The molecule has 0 aromatic heterocycles. The standard InChI is InChI=1S/C19H22ClNO2S/c1-15-2-8-18(9-3-15)24(22,23)21-13-12-19(10-11-19)14-16-4-6-17(20)7-5-16/h2-9,21H,10-14H2,1H3. The first-order valence-electron chi connectivity index (χ1n) is 8.19. The van der Waals surface area contributed by atoms with E-state index in [2.05, 4.69) is 16.9 Å². The smallest absolute Gasteiger partial charge is 0.211 e. The molecule has 1 aliphatic rings. The average molecular weight is 364 g/mol. The zero-order valence-corrected chi connectivity index (χ0v) is 15.3. The molecule has 24 heavy (non-hydrogen) atoms. The summed E-state index contributed by atoms with van der Waals surface area (Å²) in [4.78, 5) is 0.329. The van der Waals surface area contributed by atoms with E-state index in [-0.39, 0.29) is 5.41 Å². The Kier molecular flexibility index (Phi) is 5.00. The van der Waals surface area contributed by atoms with Gasteiger partial charge in [-0.2, -0.15) is 0 Å². The number of nitrogens with one attached hydrogen (secondary N) is 1. The molecule has 0 unspecified atom stereocenters. The summed E-state index contributed by atoms with van der Waals surface area (Å²) in [6, 6.07) is 14.9. The quantitative estimate of drug-likeness (QED) is 0.795. The van der Waals surface area contributed by atoms with Crippen LogP contribution in [0.25, 0.3) is 0 Å². The fraction of sp³-hybridized carbons (Fsp3) is 0.368. The summed E-state index contributed by atoms with van der Waals surface area (Å²) < 4.78 is 27.4. The average Bonchev–Trinajstić information content (AvgIpc) is 3.29. The van der Waals surface area contributed by atoms with Gasteiger partial charge in [0.05, 0.1) is 4.90 Å². The molecule has 0 radical (unpaired) electrons. The van der Waals surface area contributed by atoms with Crippen LogP contribution >= 0.6 is 11.6 Å². The van der Waals surface area contributed by atoms with Crippen LogP contribution in [0.15, 0.2) is 53.4 Å². The maximum Gasteiger partial charge on any atom is 0.240 e. The van der Waals surface area contributed by atoms with E-state index in [4.69, 9.17) is 11.6 Å². The zero-order valence-electron chi connectivity index (χ0n) is 13.8. The van der Waals surface area contributed by atoms with E-state index in [0.29, 0.717) is 11.4 Å². The number of rotatable bonds is 7. The topological polar surface area (TPSA) is 46.2 Å². The molecule has 1 N–H and O–H groups in total. The Morgan fingerprint density at radius 3 is 2.25 bits per heavy atom.